The van der Waals surface area contributed by atoms with Crippen molar-refractivity contribution >= 4 is 29.3 Å². The number of methoxy groups -OCH3 is 1. The number of halogens is 1. The van der Waals surface area contributed by atoms with Gasteiger partial charge < -0.3 is 15.0 Å². The fourth-order valence-corrected chi connectivity index (χ4v) is 2.70. The number of para-hydroxylation sites is 1. The summed E-state index contributed by atoms with van der Waals surface area (Å²) in [5, 5.41) is 2.00. The number of hydrogen-bond acceptors (Lipinski definition) is 6. The molecule has 1 amide bonds. The van der Waals surface area contributed by atoms with Crippen LogP contribution in [0.5, 0.6) is 0 Å². The zero-order valence-corrected chi connectivity index (χ0v) is 14.4. The molecule has 0 aliphatic carbocycles. The van der Waals surface area contributed by atoms with E-state index in [2.05, 4.69) is 20.0 Å². The third kappa shape index (κ3) is 5.42. The minimum atomic E-state index is -0.656. The highest BCUT2D eigenvalue weighted by Gasteiger charge is 2.18. The minimum absolute atomic E-state index is 0.0702. The molecule has 1 aromatic heterocycles. The third-order valence-electron chi connectivity index (χ3n) is 3.12. The Bertz CT molecular complexity index is 840. The van der Waals surface area contributed by atoms with Gasteiger partial charge >= 0.3 is 5.97 Å². The van der Waals surface area contributed by atoms with E-state index >= 15 is 0 Å². The first kappa shape index (κ1) is 18.7. The molecular formula is C16H16FN3O4S. The monoisotopic (exact) mass is 365 g/mol. The summed E-state index contributed by atoms with van der Waals surface area (Å²) in [4.78, 5) is 41.7. The van der Waals surface area contributed by atoms with Gasteiger partial charge in [0, 0.05) is 6.07 Å². The van der Waals surface area contributed by atoms with E-state index in [9.17, 15) is 18.8 Å². The quantitative estimate of drug-likeness (QED) is 0.459. The van der Waals surface area contributed by atoms with Crippen LogP contribution in [0.3, 0.4) is 0 Å². The van der Waals surface area contributed by atoms with Gasteiger partial charge in [-0.2, -0.15) is 0 Å². The molecule has 0 aliphatic heterocycles. The van der Waals surface area contributed by atoms with Crippen molar-refractivity contribution in [3.8, 4) is 0 Å². The minimum Gasteiger partial charge on any atom is -0.469 e. The Balaban J connectivity index is 2.08. The van der Waals surface area contributed by atoms with Gasteiger partial charge in [-0.05, 0) is 19.1 Å². The molecule has 0 spiro atoms. The normalized spacial score (nSPS) is 11.6. The summed E-state index contributed by atoms with van der Waals surface area (Å²) in [5.74, 6) is -1.52. The number of nitrogens with zero attached hydrogens (tertiary/aromatic N) is 1. The maximum Gasteiger partial charge on any atom is 0.311 e. The molecule has 0 aliphatic rings. The number of hydrogen-bond donors (Lipinski definition) is 2. The molecule has 0 fully saturated rings. The number of carbonyl (C=O) groups is 2. The molecule has 1 heterocycles. The number of H-pyrrole nitrogens is 1. The lowest BCUT2D eigenvalue weighted by molar-refractivity contribution is -0.139. The van der Waals surface area contributed by atoms with E-state index in [-0.39, 0.29) is 23.0 Å². The number of esters is 1. The maximum absolute atomic E-state index is 13.6. The van der Waals surface area contributed by atoms with Crippen molar-refractivity contribution in [2.75, 3.05) is 12.4 Å². The first-order chi connectivity index (χ1) is 11.9. The van der Waals surface area contributed by atoms with Crippen LogP contribution in [0.2, 0.25) is 0 Å². The molecule has 2 aromatic rings. The number of anilines is 1. The molecule has 0 radical (unpaired) electrons. The number of thioether (sulfide) groups is 1. The molecule has 132 valence electrons. The van der Waals surface area contributed by atoms with Gasteiger partial charge in [-0.3, -0.25) is 14.4 Å². The first-order valence-electron chi connectivity index (χ1n) is 7.28. The lowest BCUT2D eigenvalue weighted by Crippen LogP contribution is -2.24. The average molecular weight is 365 g/mol. The average Bonchev–Trinajstić information content (AvgIpc) is 2.56. The van der Waals surface area contributed by atoms with Crippen molar-refractivity contribution in [2.24, 2.45) is 0 Å². The Morgan fingerprint density at radius 3 is 2.80 bits per heavy atom. The van der Waals surface area contributed by atoms with Crippen LogP contribution >= 0.6 is 11.8 Å². The predicted molar refractivity (Wildman–Crippen MR) is 90.9 cm³/mol. The van der Waals surface area contributed by atoms with Crippen molar-refractivity contribution in [1.82, 2.24) is 9.97 Å². The number of aromatic nitrogens is 2. The molecule has 2 N–H and O–H groups in total. The molecule has 0 saturated carbocycles. The van der Waals surface area contributed by atoms with Crippen molar-refractivity contribution in [3.63, 3.8) is 0 Å². The van der Waals surface area contributed by atoms with E-state index in [0.717, 1.165) is 11.8 Å². The molecule has 9 heteroatoms. The highest BCUT2D eigenvalue weighted by Crippen LogP contribution is 2.21. The predicted octanol–water partition coefficient (Wildman–Crippen LogP) is 1.74. The summed E-state index contributed by atoms with van der Waals surface area (Å²) in [6, 6.07) is 6.99. The molecule has 25 heavy (non-hydrogen) atoms. The van der Waals surface area contributed by atoms with Crippen LogP contribution in [0, 0.1) is 5.82 Å². The van der Waals surface area contributed by atoms with Gasteiger partial charge in [-0.15, -0.1) is 0 Å². The number of benzene rings is 1. The standard InChI is InChI=1S/C16H16FN3O4S/c1-9(15(23)19-12-6-4-3-5-11(12)17)25-16-18-10(7-13(21)20-16)8-14(22)24-2/h3-7,9H,8H2,1-2H3,(H,19,23)(H,18,20,21)/t9-/m0/s1. The lowest BCUT2D eigenvalue weighted by atomic mass is 10.3. The Labute approximate surface area is 147 Å². The summed E-state index contributed by atoms with van der Waals surface area (Å²) in [5.41, 5.74) is -0.140. The highest BCUT2D eigenvalue weighted by molar-refractivity contribution is 8.00. The van der Waals surface area contributed by atoms with Crippen LogP contribution in [0.1, 0.15) is 12.6 Å². The Hall–Kier alpha value is -2.68. The van der Waals surface area contributed by atoms with E-state index < -0.39 is 28.5 Å². The molecule has 1 atom stereocenters. The van der Waals surface area contributed by atoms with Crippen molar-refractivity contribution < 1.29 is 18.7 Å². The van der Waals surface area contributed by atoms with Gasteiger partial charge in [0.1, 0.15) is 5.82 Å². The van der Waals surface area contributed by atoms with Gasteiger partial charge in [0.05, 0.1) is 30.2 Å². The van der Waals surface area contributed by atoms with Crippen LogP contribution in [0.4, 0.5) is 10.1 Å². The summed E-state index contributed by atoms with van der Waals surface area (Å²) in [6.07, 6.45) is -0.149. The van der Waals surface area contributed by atoms with Crippen molar-refractivity contribution in [1.29, 1.82) is 0 Å². The molecule has 1 aromatic carbocycles. The van der Waals surface area contributed by atoms with Gasteiger partial charge in [-0.1, -0.05) is 23.9 Å². The molecule has 7 nitrogen and oxygen atoms in total. The van der Waals surface area contributed by atoms with Gasteiger partial charge in [-0.25, -0.2) is 9.37 Å². The van der Waals surface area contributed by atoms with E-state index in [1.165, 1.54) is 31.4 Å². The van der Waals surface area contributed by atoms with Gasteiger partial charge in [0.2, 0.25) is 5.91 Å². The van der Waals surface area contributed by atoms with Crippen LogP contribution < -0.4 is 10.9 Å². The second-order valence-electron chi connectivity index (χ2n) is 5.02. The number of aromatic amines is 1. The third-order valence-corrected chi connectivity index (χ3v) is 4.10. The molecular weight excluding hydrogens is 349 g/mol. The van der Waals surface area contributed by atoms with Gasteiger partial charge in [0.15, 0.2) is 5.16 Å². The Morgan fingerprint density at radius 2 is 2.12 bits per heavy atom. The van der Waals surface area contributed by atoms with E-state index in [4.69, 9.17) is 0 Å². The zero-order valence-electron chi connectivity index (χ0n) is 13.5. The SMILES string of the molecule is COC(=O)Cc1cc(=O)[nH]c(S[C@@H](C)C(=O)Nc2ccccc2F)n1. The molecule has 2 rings (SSSR count). The first-order valence-corrected chi connectivity index (χ1v) is 8.16. The fourth-order valence-electron chi connectivity index (χ4n) is 1.87. The van der Waals surface area contributed by atoms with Gasteiger partial charge in [0.25, 0.3) is 5.56 Å². The Morgan fingerprint density at radius 1 is 1.40 bits per heavy atom. The topological polar surface area (TPSA) is 101 Å². The molecule has 0 bridgehead atoms. The van der Waals surface area contributed by atoms with E-state index in [1.54, 1.807) is 13.0 Å². The van der Waals surface area contributed by atoms with E-state index in [0.29, 0.717) is 0 Å². The number of ether oxygens (including phenoxy) is 1. The summed E-state index contributed by atoms with van der Waals surface area (Å²) >= 11 is 0.987. The van der Waals surface area contributed by atoms with Crippen LogP contribution in [0.15, 0.2) is 40.3 Å². The number of nitrogens with one attached hydrogen (secondary N) is 2. The largest absolute Gasteiger partial charge is 0.469 e. The smallest absolute Gasteiger partial charge is 0.311 e. The summed E-state index contributed by atoms with van der Waals surface area (Å²) < 4.78 is 18.1. The number of carbonyl (C=O) groups excluding carboxylic acids is 2. The summed E-state index contributed by atoms with van der Waals surface area (Å²) in [7, 11) is 1.24. The van der Waals surface area contributed by atoms with Crippen LogP contribution in [0.25, 0.3) is 0 Å². The number of amides is 1. The second-order valence-corrected chi connectivity index (χ2v) is 6.35. The summed E-state index contributed by atoms with van der Waals surface area (Å²) in [6.45, 7) is 1.59. The van der Waals surface area contributed by atoms with E-state index in [1.807, 2.05) is 0 Å². The number of rotatable bonds is 6. The van der Waals surface area contributed by atoms with Crippen LogP contribution in [-0.4, -0.2) is 34.2 Å². The fraction of sp³-hybridized carbons (Fsp3) is 0.250. The van der Waals surface area contributed by atoms with Crippen LogP contribution in [-0.2, 0) is 20.7 Å². The van der Waals surface area contributed by atoms with Crippen molar-refractivity contribution in [3.05, 3.63) is 52.2 Å². The Kier molecular flexibility index (Phi) is 6.29. The maximum atomic E-state index is 13.6. The highest BCUT2D eigenvalue weighted by atomic mass is 32.2. The lowest BCUT2D eigenvalue weighted by Gasteiger charge is -2.12. The molecule has 0 unspecified atom stereocenters. The molecule has 0 saturated heterocycles. The van der Waals surface area contributed by atoms with Crippen molar-refractivity contribution in [2.45, 2.75) is 23.8 Å². The second kappa shape index (κ2) is 8.43. The zero-order chi connectivity index (χ0) is 18.4.